The van der Waals surface area contributed by atoms with E-state index in [1.807, 2.05) is 0 Å². The Morgan fingerprint density at radius 1 is 0.241 bits per heavy atom. The van der Waals surface area contributed by atoms with Gasteiger partial charge in [0.15, 0.2) is 5.82 Å². The van der Waals surface area contributed by atoms with Crippen LogP contribution < -0.4 is 0 Å². The molecule has 0 saturated heterocycles. The Balaban J connectivity index is 0.832. The lowest BCUT2D eigenvalue weighted by molar-refractivity contribution is 0.653. The van der Waals surface area contributed by atoms with Crippen molar-refractivity contribution in [3.05, 3.63) is 279 Å². The maximum absolute atomic E-state index is 6.94. The van der Waals surface area contributed by atoms with Gasteiger partial charge in [-0.15, -0.1) is 0 Å². The van der Waals surface area contributed by atoms with Gasteiger partial charge >= 0.3 is 0 Å². The Labute approximate surface area is 475 Å². The molecule has 0 radical (unpaired) electrons. The SMILES string of the molecule is c1ccc(-n2c3ccccc3c3cc(-c4ccc5c(c4)c4ccccc4n5-c4ccc5oc6nc(-c7ccc8c(c7)c7ccccc7n8-c7ccccc7)nc(-c7ccc8c(c7)c7ccccc7n8-c7ccccc7)c6c5c4)ccc32)cc1. The minimum atomic E-state index is 0.534. The molecule has 386 valence electrons. The zero-order chi connectivity index (χ0) is 54.3. The molecule has 18 rings (SSSR count). The number of para-hydroxylation sites is 7. The first-order valence-electron chi connectivity index (χ1n) is 28.2. The van der Waals surface area contributed by atoms with Crippen LogP contribution in [0.25, 0.3) is 166 Å². The first kappa shape index (κ1) is 45.6. The Bertz CT molecular complexity index is 5680. The minimum Gasteiger partial charge on any atom is -0.438 e. The predicted molar refractivity (Wildman–Crippen MR) is 343 cm³/mol. The Hall–Kier alpha value is -11.3. The molecular weight excluding hydrogens is 1010 g/mol. The lowest BCUT2D eigenvalue weighted by Crippen LogP contribution is -1.96. The van der Waals surface area contributed by atoms with E-state index in [9.17, 15) is 0 Å². The van der Waals surface area contributed by atoms with Gasteiger partial charge in [-0.3, -0.25) is 0 Å². The highest BCUT2D eigenvalue weighted by Crippen LogP contribution is 2.44. The molecule has 7 heteroatoms. The van der Waals surface area contributed by atoms with E-state index >= 15 is 0 Å². The molecule has 0 N–H and O–H groups in total. The molecule has 0 saturated carbocycles. The van der Waals surface area contributed by atoms with Gasteiger partial charge in [0.1, 0.15) is 5.58 Å². The zero-order valence-corrected chi connectivity index (χ0v) is 44.6. The summed E-state index contributed by atoms with van der Waals surface area (Å²) in [6, 6.07) is 100. The summed E-state index contributed by atoms with van der Waals surface area (Å²) < 4.78 is 16.4. The summed E-state index contributed by atoms with van der Waals surface area (Å²) >= 11 is 0. The number of fused-ring (bicyclic) bond motifs is 15. The molecule has 0 aliphatic rings. The Kier molecular flexibility index (Phi) is 9.67. The number of furan rings is 1. The highest BCUT2D eigenvalue weighted by Gasteiger charge is 2.24. The highest BCUT2D eigenvalue weighted by atomic mass is 16.3. The van der Waals surface area contributed by atoms with Crippen LogP contribution in [0.4, 0.5) is 0 Å². The van der Waals surface area contributed by atoms with Crippen LogP contribution in [0.1, 0.15) is 0 Å². The second-order valence-corrected chi connectivity index (χ2v) is 21.7. The van der Waals surface area contributed by atoms with Crippen LogP contribution in [0.3, 0.4) is 0 Å². The number of hydrogen-bond donors (Lipinski definition) is 0. The molecule has 0 aliphatic heterocycles. The van der Waals surface area contributed by atoms with E-state index < -0.39 is 0 Å². The number of aromatic nitrogens is 6. The van der Waals surface area contributed by atoms with Crippen LogP contribution in [0, 0.1) is 0 Å². The van der Waals surface area contributed by atoms with Gasteiger partial charge in [-0.1, -0.05) is 146 Å². The van der Waals surface area contributed by atoms with Gasteiger partial charge in [-0.25, -0.2) is 4.98 Å². The van der Waals surface area contributed by atoms with Crippen LogP contribution in [-0.2, 0) is 0 Å². The van der Waals surface area contributed by atoms with Crippen molar-refractivity contribution >= 4 is 109 Å². The summed E-state index contributed by atoms with van der Waals surface area (Å²) in [4.78, 5) is 11.0. The van der Waals surface area contributed by atoms with E-state index in [4.69, 9.17) is 14.4 Å². The summed E-state index contributed by atoms with van der Waals surface area (Å²) in [5.41, 5.74) is 19.8. The van der Waals surface area contributed by atoms with Crippen molar-refractivity contribution in [3.8, 4) is 56.5 Å². The van der Waals surface area contributed by atoms with E-state index in [1.165, 1.54) is 43.5 Å². The van der Waals surface area contributed by atoms with Crippen LogP contribution in [-0.4, -0.2) is 28.2 Å². The molecule has 6 aromatic heterocycles. The zero-order valence-electron chi connectivity index (χ0n) is 44.6. The quantitative estimate of drug-likeness (QED) is 0.160. The molecule has 7 nitrogen and oxygen atoms in total. The van der Waals surface area contributed by atoms with Gasteiger partial charge in [0, 0.05) is 82.4 Å². The fraction of sp³-hybridized carbons (Fsp3) is 0. The van der Waals surface area contributed by atoms with Crippen molar-refractivity contribution < 1.29 is 4.42 Å². The molecular formula is C76H46N6O. The monoisotopic (exact) mass is 1060 g/mol. The third kappa shape index (κ3) is 6.79. The van der Waals surface area contributed by atoms with Gasteiger partial charge in [-0.2, -0.15) is 4.98 Å². The van der Waals surface area contributed by atoms with Crippen LogP contribution in [0.15, 0.2) is 283 Å². The maximum Gasteiger partial charge on any atom is 0.231 e. The molecule has 83 heavy (non-hydrogen) atoms. The van der Waals surface area contributed by atoms with Crippen molar-refractivity contribution in [2.24, 2.45) is 0 Å². The smallest absolute Gasteiger partial charge is 0.231 e. The summed E-state index contributed by atoms with van der Waals surface area (Å²) in [6.07, 6.45) is 0. The largest absolute Gasteiger partial charge is 0.438 e. The van der Waals surface area contributed by atoms with Crippen LogP contribution in [0.2, 0.25) is 0 Å². The fourth-order valence-corrected chi connectivity index (χ4v) is 13.5. The van der Waals surface area contributed by atoms with Crippen molar-refractivity contribution in [3.63, 3.8) is 0 Å². The maximum atomic E-state index is 6.94. The summed E-state index contributed by atoms with van der Waals surface area (Å²) in [5, 5.41) is 11.2. The fourth-order valence-electron chi connectivity index (χ4n) is 13.5. The second kappa shape index (κ2) is 17.6. The van der Waals surface area contributed by atoms with Gasteiger partial charge in [0.05, 0.1) is 55.2 Å². The molecule has 0 spiro atoms. The van der Waals surface area contributed by atoms with E-state index in [2.05, 4.69) is 297 Å². The number of benzene rings is 12. The van der Waals surface area contributed by atoms with Crippen molar-refractivity contribution in [1.82, 2.24) is 28.2 Å². The van der Waals surface area contributed by atoms with Crippen molar-refractivity contribution in [2.45, 2.75) is 0 Å². The lowest BCUT2D eigenvalue weighted by Gasteiger charge is -2.11. The lowest BCUT2D eigenvalue weighted by atomic mass is 10.0. The molecule has 0 amide bonds. The van der Waals surface area contributed by atoms with Crippen molar-refractivity contribution in [2.75, 3.05) is 0 Å². The summed E-state index contributed by atoms with van der Waals surface area (Å²) in [7, 11) is 0. The molecule has 0 fully saturated rings. The summed E-state index contributed by atoms with van der Waals surface area (Å²) in [6.45, 7) is 0. The Morgan fingerprint density at radius 3 is 1.04 bits per heavy atom. The van der Waals surface area contributed by atoms with Crippen LogP contribution in [0.5, 0.6) is 0 Å². The first-order chi connectivity index (χ1) is 41.2. The number of nitrogens with zero attached hydrogens (tertiary/aromatic N) is 6. The first-order valence-corrected chi connectivity index (χ1v) is 28.2. The number of rotatable bonds is 7. The van der Waals surface area contributed by atoms with E-state index in [-0.39, 0.29) is 0 Å². The topological polar surface area (TPSA) is 58.6 Å². The van der Waals surface area contributed by atoms with Gasteiger partial charge in [-0.05, 0) is 145 Å². The normalized spacial score (nSPS) is 12.1. The van der Waals surface area contributed by atoms with Gasteiger partial charge < -0.3 is 22.7 Å². The Morgan fingerprint density at radius 2 is 0.590 bits per heavy atom. The minimum absolute atomic E-state index is 0.534. The average molecular weight is 1060 g/mol. The molecule has 12 aromatic carbocycles. The third-order valence-electron chi connectivity index (χ3n) is 17.2. The van der Waals surface area contributed by atoms with Gasteiger partial charge in [0.25, 0.3) is 0 Å². The standard InChI is InChI=1S/C76H46N6O/c1-4-18-51(19-5-1)79-64-28-14-10-24-55(64)59-42-47(32-37-68(59)79)48-33-38-71-60(43-48)56-25-13-17-31-67(56)82(71)54-36-41-72-63(46-54)73-74(49-34-39-69-61(44-49)57-26-11-15-29-65(57)80(69)52-20-6-2-7-21-52)77-75(78-76(73)83-72)50-35-40-70-62(45-50)58-27-12-16-30-66(58)81(70)53-22-8-3-9-23-53/h1-46H. The molecule has 18 aromatic rings. The van der Waals surface area contributed by atoms with E-state index in [0.29, 0.717) is 11.5 Å². The number of hydrogen-bond acceptors (Lipinski definition) is 3. The van der Waals surface area contributed by atoms with E-state index in [1.54, 1.807) is 0 Å². The molecule has 0 atom stereocenters. The average Bonchev–Trinajstić information content (AvgIpc) is 2.91. The molecule has 6 heterocycles. The van der Waals surface area contributed by atoms with E-state index in [0.717, 1.165) is 111 Å². The second-order valence-electron chi connectivity index (χ2n) is 21.7. The van der Waals surface area contributed by atoms with Crippen LogP contribution >= 0.6 is 0 Å². The van der Waals surface area contributed by atoms with Gasteiger partial charge in [0.2, 0.25) is 5.71 Å². The molecule has 0 unspecified atom stereocenters. The highest BCUT2D eigenvalue weighted by molar-refractivity contribution is 6.17. The van der Waals surface area contributed by atoms with Crippen molar-refractivity contribution in [1.29, 1.82) is 0 Å². The molecule has 0 aliphatic carbocycles. The third-order valence-corrected chi connectivity index (χ3v) is 17.2. The molecule has 0 bridgehead atoms. The predicted octanol–water partition coefficient (Wildman–Crippen LogP) is 19.8. The summed E-state index contributed by atoms with van der Waals surface area (Å²) in [5.74, 6) is 0.594.